The number of nitrogens with zero attached hydrogens (tertiary/aromatic N) is 1. The first-order chi connectivity index (χ1) is 8.27. The summed E-state index contributed by atoms with van der Waals surface area (Å²) in [6.07, 6.45) is 4.30. The average Bonchev–Trinajstić information content (AvgIpc) is 2.81. The fourth-order valence-corrected chi connectivity index (χ4v) is 2.66. The molecular formula is C12H15N3O2. The number of carbonyl (C=O) groups excluding carboxylic acids is 1. The molecule has 0 spiro atoms. The van der Waals surface area contributed by atoms with E-state index in [1.165, 1.54) is 0 Å². The molecule has 0 radical (unpaired) electrons. The van der Waals surface area contributed by atoms with Gasteiger partial charge in [0.15, 0.2) is 0 Å². The van der Waals surface area contributed by atoms with Crippen molar-refractivity contribution in [1.82, 2.24) is 10.3 Å². The average molecular weight is 233 g/mol. The maximum absolute atomic E-state index is 11.9. The zero-order chi connectivity index (χ0) is 11.8. The fourth-order valence-electron chi connectivity index (χ4n) is 2.66. The summed E-state index contributed by atoms with van der Waals surface area (Å²) in [6.45, 7) is 0.752. The summed E-state index contributed by atoms with van der Waals surface area (Å²) >= 11 is 0. The lowest BCUT2D eigenvalue weighted by molar-refractivity contribution is -0.0161. The highest BCUT2D eigenvalue weighted by Gasteiger charge is 2.52. The molecule has 1 amide bonds. The summed E-state index contributed by atoms with van der Waals surface area (Å²) in [6, 6.07) is 3.43. The van der Waals surface area contributed by atoms with Gasteiger partial charge in [0.05, 0.1) is 17.7 Å². The van der Waals surface area contributed by atoms with E-state index in [0.717, 1.165) is 13.0 Å². The molecule has 4 unspecified atom stereocenters. The third kappa shape index (κ3) is 1.71. The summed E-state index contributed by atoms with van der Waals surface area (Å²) in [7, 11) is 0. The molecule has 1 aliphatic carbocycles. The first-order valence-electron chi connectivity index (χ1n) is 5.85. The van der Waals surface area contributed by atoms with Gasteiger partial charge in [0.25, 0.3) is 5.91 Å². The van der Waals surface area contributed by atoms with Crippen LogP contribution < -0.4 is 11.1 Å². The molecule has 0 bridgehead atoms. The SMILES string of the molecule is NC1C2CCOC2C1NC(=O)c1cccnc1. The zero-order valence-electron chi connectivity index (χ0n) is 9.37. The Balaban J connectivity index is 1.66. The molecule has 5 heteroatoms. The Labute approximate surface area is 99.4 Å². The van der Waals surface area contributed by atoms with Crippen LogP contribution in [0.3, 0.4) is 0 Å². The van der Waals surface area contributed by atoms with E-state index in [0.29, 0.717) is 11.5 Å². The van der Waals surface area contributed by atoms with Gasteiger partial charge in [-0.3, -0.25) is 9.78 Å². The topological polar surface area (TPSA) is 77.2 Å². The maximum Gasteiger partial charge on any atom is 0.253 e. The lowest BCUT2D eigenvalue weighted by atomic mass is 9.72. The van der Waals surface area contributed by atoms with Gasteiger partial charge in [-0.25, -0.2) is 0 Å². The molecule has 2 fully saturated rings. The van der Waals surface area contributed by atoms with Crippen molar-refractivity contribution in [2.45, 2.75) is 24.6 Å². The third-order valence-corrected chi connectivity index (χ3v) is 3.67. The van der Waals surface area contributed by atoms with Crippen LogP contribution in [0.2, 0.25) is 0 Å². The van der Waals surface area contributed by atoms with Gasteiger partial charge in [-0.05, 0) is 18.6 Å². The number of rotatable bonds is 2. The highest BCUT2D eigenvalue weighted by atomic mass is 16.5. The minimum atomic E-state index is -0.132. The lowest BCUT2D eigenvalue weighted by Crippen LogP contribution is -2.68. The number of hydrogen-bond acceptors (Lipinski definition) is 4. The van der Waals surface area contributed by atoms with Crippen LogP contribution in [-0.2, 0) is 4.74 Å². The van der Waals surface area contributed by atoms with Crippen molar-refractivity contribution < 1.29 is 9.53 Å². The summed E-state index contributed by atoms with van der Waals surface area (Å²) in [5.74, 6) is 0.279. The van der Waals surface area contributed by atoms with Crippen LogP contribution in [0.15, 0.2) is 24.5 Å². The van der Waals surface area contributed by atoms with Crippen LogP contribution >= 0.6 is 0 Å². The molecule has 2 heterocycles. The van der Waals surface area contributed by atoms with Crippen LogP contribution in [0, 0.1) is 5.92 Å². The minimum Gasteiger partial charge on any atom is -0.376 e. The summed E-state index contributed by atoms with van der Waals surface area (Å²) in [5.41, 5.74) is 6.58. The van der Waals surface area contributed by atoms with Gasteiger partial charge >= 0.3 is 0 Å². The lowest BCUT2D eigenvalue weighted by Gasteiger charge is -2.45. The van der Waals surface area contributed by atoms with E-state index >= 15 is 0 Å². The Kier molecular flexibility index (Phi) is 2.57. The number of ether oxygens (including phenoxy) is 1. The molecule has 0 aromatic carbocycles. The van der Waals surface area contributed by atoms with Gasteiger partial charge in [-0.2, -0.15) is 0 Å². The van der Waals surface area contributed by atoms with Gasteiger partial charge in [0.2, 0.25) is 0 Å². The molecule has 5 nitrogen and oxygen atoms in total. The molecule has 2 aliphatic rings. The molecule has 3 rings (SSSR count). The van der Waals surface area contributed by atoms with Crippen molar-refractivity contribution in [3.63, 3.8) is 0 Å². The Morgan fingerprint density at radius 2 is 2.47 bits per heavy atom. The number of aromatic nitrogens is 1. The molecule has 1 aromatic heterocycles. The Hall–Kier alpha value is -1.46. The Morgan fingerprint density at radius 1 is 1.59 bits per heavy atom. The van der Waals surface area contributed by atoms with Crippen molar-refractivity contribution in [2.24, 2.45) is 11.7 Å². The van der Waals surface area contributed by atoms with E-state index in [1.807, 2.05) is 0 Å². The van der Waals surface area contributed by atoms with Gasteiger partial charge in [0.1, 0.15) is 0 Å². The van der Waals surface area contributed by atoms with Crippen LogP contribution in [0.1, 0.15) is 16.8 Å². The smallest absolute Gasteiger partial charge is 0.253 e. The van der Waals surface area contributed by atoms with Crippen LogP contribution in [0.5, 0.6) is 0 Å². The van der Waals surface area contributed by atoms with Gasteiger partial charge in [0, 0.05) is 31.0 Å². The molecule has 1 saturated heterocycles. The quantitative estimate of drug-likeness (QED) is 0.749. The molecule has 4 atom stereocenters. The number of fused-ring (bicyclic) bond motifs is 1. The van der Waals surface area contributed by atoms with Gasteiger partial charge in [-0.15, -0.1) is 0 Å². The predicted octanol–water partition coefficient (Wildman–Crippen LogP) is -0.0740. The summed E-state index contributed by atoms with van der Waals surface area (Å²) in [5, 5.41) is 2.92. The van der Waals surface area contributed by atoms with Crippen LogP contribution in [0.25, 0.3) is 0 Å². The minimum absolute atomic E-state index is 0.0168. The number of carbonyl (C=O) groups is 1. The zero-order valence-corrected chi connectivity index (χ0v) is 9.37. The summed E-state index contributed by atoms with van der Waals surface area (Å²) < 4.78 is 5.56. The second-order valence-electron chi connectivity index (χ2n) is 4.61. The van der Waals surface area contributed by atoms with E-state index in [1.54, 1.807) is 24.5 Å². The fraction of sp³-hybridized carbons (Fsp3) is 0.500. The number of hydrogen-bond donors (Lipinski definition) is 2. The van der Waals surface area contributed by atoms with Crippen LogP contribution in [-0.4, -0.2) is 35.7 Å². The molecular weight excluding hydrogens is 218 g/mol. The number of nitrogens with one attached hydrogen (secondary N) is 1. The molecule has 1 aromatic rings. The molecule has 3 N–H and O–H groups in total. The Morgan fingerprint density at radius 3 is 3.24 bits per heavy atom. The molecule has 1 saturated carbocycles. The van der Waals surface area contributed by atoms with E-state index in [9.17, 15) is 4.79 Å². The van der Waals surface area contributed by atoms with Crippen molar-refractivity contribution in [2.75, 3.05) is 6.61 Å². The maximum atomic E-state index is 11.9. The largest absolute Gasteiger partial charge is 0.376 e. The highest BCUT2D eigenvalue weighted by molar-refractivity contribution is 5.94. The number of pyridine rings is 1. The Bertz CT molecular complexity index is 423. The van der Waals surface area contributed by atoms with E-state index in [2.05, 4.69) is 10.3 Å². The van der Waals surface area contributed by atoms with Gasteiger partial charge in [-0.1, -0.05) is 0 Å². The highest BCUT2D eigenvalue weighted by Crippen LogP contribution is 2.37. The molecule has 1 aliphatic heterocycles. The first-order valence-corrected chi connectivity index (χ1v) is 5.85. The third-order valence-electron chi connectivity index (χ3n) is 3.67. The first kappa shape index (κ1) is 10.7. The number of nitrogens with two attached hydrogens (primary N) is 1. The monoisotopic (exact) mass is 233 g/mol. The van der Waals surface area contributed by atoms with Crippen molar-refractivity contribution in [1.29, 1.82) is 0 Å². The van der Waals surface area contributed by atoms with E-state index < -0.39 is 0 Å². The van der Waals surface area contributed by atoms with Crippen LogP contribution in [0.4, 0.5) is 0 Å². The second-order valence-corrected chi connectivity index (χ2v) is 4.61. The van der Waals surface area contributed by atoms with E-state index in [4.69, 9.17) is 10.5 Å². The van der Waals surface area contributed by atoms with Crippen molar-refractivity contribution >= 4 is 5.91 Å². The van der Waals surface area contributed by atoms with E-state index in [-0.39, 0.29) is 24.1 Å². The molecule has 90 valence electrons. The standard InChI is InChI=1S/C12H15N3O2/c13-9-8-3-5-17-11(8)10(9)15-12(16)7-2-1-4-14-6-7/h1-2,4,6,8-11H,3,5,13H2,(H,15,16). The van der Waals surface area contributed by atoms with Crippen molar-refractivity contribution in [3.8, 4) is 0 Å². The second kappa shape index (κ2) is 4.09. The molecule has 17 heavy (non-hydrogen) atoms. The normalized spacial score (nSPS) is 34.9. The number of amides is 1. The van der Waals surface area contributed by atoms with Crippen molar-refractivity contribution in [3.05, 3.63) is 30.1 Å². The van der Waals surface area contributed by atoms with Gasteiger partial charge < -0.3 is 15.8 Å². The predicted molar refractivity (Wildman–Crippen MR) is 61.3 cm³/mol. The summed E-state index contributed by atoms with van der Waals surface area (Å²) in [4.78, 5) is 15.8.